The molecule has 20 heavy (non-hydrogen) atoms. The number of hydrogen-bond donors (Lipinski definition) is 2. The van der Waals surface area contributed by atoms with Crippen molar-refractivity contribution in [3.05, 3.63) is 21.6 Å². The number of H-pyrrole nitrogens is 1. The Morgan fingerprint density at radius 3 is 2.70 bits per heavy atom. The summed E-state index contributed by atoms with van der Waals surface area (Å²) in [7, 11) is 3.25. The minimum Gasteiger partial charge on any atom is -0.493 e. The van der Waals surface area contributed by atoms with Gasteiger partial charge in [-0.1, -0.05) is 13.3 Å². The molecule has 0 aromatic carbocycles. The molecule has 2 heterocycles. The highest BCUT2D eigenvalue weighted by Crippen LogP contribution is 2.30. The first-order valence-electron chi connectivity index (χ1n) is 6.39. The first-order chi connectivity index (χ1) is 9.49. The highest BCUT2D eigenvalue weighted by Gasteiger charge is 2.20. The molecule has 0 saturated heterocycles. The summed E-state index contributed by atoms with van der Waals surface area (Å²) in [6.45, 7) is 3.72. The Hall–Kier alpha value is -2.31. The number of nitrogens with zero attached hydrogens (tertiary/aromatic N) is 3. The number of methoxy groups -OCH3 is 1. The molecule has 108 valence electrons. The fourth-order valence-corrected chi connectivity index (χ4v) is 2.22. The summed E-state index contributed by atoms with van der Waals surface area (Å²) in [6.07, 6.45) is 1.24. The number of aryl methyl sites for hydroxylation is 2. The van der Waals surface area contributed by atoms with Crippen molar-refractivity contribution in [2.24, 2.45) is 7.05 Å². The van der Waals surface area contributed by atoms with E-state index in [1.165, 1.54) is 7.11 Å². The molecule has 2 aromatic rings. The minimum absolute atomic E-state index is 0.240. The number of aromatic nitrogens is 4. The molecule has 0 amide bonds. The van der Waals surface area contributed by atoms with Gasteiger partial charge in [0.25, 0.3) is 5.56 Å². The third kappa shape index (κ3) is 2.26. The van der Waals surface area contributed by atoms with Crippen LogP contribution in [0, 0.1) is 6.92 Å². The van der Waals surface area contributed by atoms with Gasteiger partial charge in [0, 0.05) is 7.05 Å². The maximum Gasteiger partial charge on any atom is 0.258 e. The molecule has 0 fully saturated rings. The third-order valence-electron chi connectivity index (χ3n) is 3.09. The smallest absolute Gasteiger partial charge is 0.258 e. The van der Waals surface area contributed by atoms with E-state index >= 15 is 0 Å². The van der Waals surface area contributed by atoms with Gasteiger partial charge in [-0.2, -0.15) is 10.1 Å². The van der Waals surface area contributed by atoms with Gasteiger partial charge in [0.05, 0.1) is 18.4 Å². The van der Waals surface area contributed by atoms with Crippen LogP contribution < -0.4 is 10.3 Å². The molecular weight excluding hydrogens is 260 g/mol. The number of aromatic amines is 1. The van der Waals surface area contributed by atoms with Crippen molar-refractivity contribution in [3.63, 3.8) is 0 Å². The number of aromatic hydroxyl groups is 1. The molecule has 0 aliphatic rings. The van der Waals surface area contributed by atoms with E-state index < -0.39 is 0 Å². The molecule has 0 spiro atoms. The summed E-state index contributed by atoms with van der Waals surface area (Å²) < 4.78 is 6.82. The van der Waals surface area contributed by atoms with Crippen LogP contribution in [-0.4, -0.2) is 32.0 Å². The van der Waals surface area contributed by atoms with Gasteiger partial charge in [0.1, 0.15) is 5.56 Å². The van der Waals surface area contributed by atoms with E-state index in [0.717, 1.165) is 6.42 Å². The van der Waals surface area contributed by atoms with Crippen LogP contribution in [0.25, 0.3) is 11.4 Å². The average molecular weight is 278 g/mol. The normalized spacial score (nSPS) is 10.8. The quantitative estimate of drug-likeness (QED) is 0.875. The Morgan fingerprint density at radius 2 is 2.15 bits per heavy atom. The fourth-order valence-electron chi connectivity index (χ4n) is 2.22. The van der Waals surface area contributed by atoms with Gasteiger partial charge in [-0.05, 0) is 13.3 Å². The Kier molecular flexibility index (Phi) is 3.78. The van der Waals surface area contributed by atoms with E-state index in [-0.39, 0.29) is 17.3 Å². The second kappa shape index (κ2) is 5.36. The topological polar surface area (TPSA) is 93.0 Å². The molecule has 2 aromatic heterocycles. The van der Waals surface area contributed by atoms with Crippen LogP contribution in [-0.2, 0) is 13.5 Å². The zero-order chi connectivity index (χ0) is 14.9. The second-order valence-electron chi connectivity index (χ2n) is 4.56. The van der Waals surface area contributed by atoms with Crippen molar-refractivity contribution in [2.45, 2.75) is 26.7 Å². The van der Waals surface area contributed by atoms with Gasteiger partial charge < -0.3 is 14.8 Å². The minimum atomic E-state index is -0.334. The molecule has 7 heteroatoms. The number of nitrogens with one attached hydrogen (secondary N) is 1. The van der Waals surface area contributed by atoms with E-state index in [1.807, 2.05) is 6.92 Å². The zero-order valence-electron chi connectivity index (χ0n) is 12.0. The second-order valence-corrected chi connectivity index (χ2v) is 4.56. The lowest BCUT2D eigenvalue weighted by Gasteiger charge is -2.07. The van der Waals surface area contributed by atoms with Crippen molar-refractivity contribution in [3.8, 4) is 23.1 Å². The molecule has 0 aliphatic carbocycles. The molecule has 0 bridgehead atoms. The monoisotopic (exact) mass is 278 g/mol. The number of ether oxygens (including phenoxy) is 1. The Balaban J connectivity index is 2.63. The van der Waals surface area contributed by atoms with E-state index in [4.69, 9.17) is 4.74 Å². The summed E-state index contributed by atoms with van der Waals surface area (Å²) in [5.41, 5.74) is 1.21. The maximum absolute atomic E-state index is 12.0. The maximum atomic E-state index is 12.0. The predicted molar refractivity (Wildman–Crippen MR) is 74.0 cm³/mol. The van der Waals surface area contributed by atoms with Crippen LogP contribution in [0.3, 0.4) is 0 Å². The van der Waals surface area contributed by atoms with Crippen LogP contribution in [0.15, 0.2) is 4.79 Å². The third-order valence-corrected chi connectivity index (χ3v) is 3.09. The van der Waals surface area contributed by atoms with Crippen LogP contribution in [0.5, 0.6) is 11.8 Å². The Labute approximate surface area is 116 Å². The van der Waals surface area contributed by atoms with Crippen LogP contribution in [0.1, 0.15) is 24.6 Å². The first-order valence-corrected chi connectivity index (χ1v) is 6.39. The van der Waals surface area contributed by atoms with Gasteiger partial charge in [-0.3, -0.25) is 4.79 Å². The summed E-state index contributed by atoms with van der Waals surface area (Å²) >= 11 is 0. The zero-order valence-corrected chi connectivity index (χ0v) is 12.0. The molecule has 0 aliphatic heterocycles. The molecule has 0 atom stereocenters. The predicted octanol–water partition coefficient (Wildman–Crippen LogP) is 1.15. The van der Waals surface area contributed by atoms with Gasteiger partial charge in [0.15, 0.2) is 5.82 Å². The molecule has 7 nitrogen and oxygen atoms in total. The summed E-state index contributed by atoms with van der Waals surface area (Å²) in [5, 5.41) is 14.2. The first kappa shape index (κ1) is 14.1. The highest BCUT2D eigenvalue weighted by molar-refractivity contribution is 5.65. The highest BCUT2D eigenvalue weighted by atomic mass is 16.5. The molecule has 0 radical (unpaired) electrons. The van der Waals surface area contributed by atoms with E-state index in [0.29, 0.717) is 29.1 Å². The SMILES string of the molecule is CCCc1c(O)nc(-c2c(C)nn(C)c2OC)[nH]c1=O. The van der Waals surface area contributed by atoms with E-state index in [9.17, 15) is 9.90 Å². The molecule has 0 saturated carbocycles. The van der Waals surface area contributed by atoms with Crippen LogP contribution >= 0.6 is 0 Å². The van der Waals surface area contributed by atoms with Gasteiger partial charge in [-0.25, -0.2) is 4.68 Å². The molecule has 0 unspecified atom stereocenters. The number of rotatable bonds is 4. The lowest BCUT2D eigenvalue weighted by molar-refractivity contribution is 0.374. The van der Waals surface area contributed by atoms with Crippen LogP contribution in [0.4, 0.5) is 0 Å². The van der Waals surface area contributed by atoms with Gasteiger partial charge in [0.2, 0.25) is 11.8 Å². The van der Waals surface area contributed by atoms with Crippen molar-refractivity contribution >= 4 is 0 Å². The summed E-state index contributed by atoms with van der Waals surface area (Å²) in [5.74, 6) is 0.499. The average Bonchev–Trinajstić information content (AvgIpc) is 2.67. The van der Waals surface area contributed by atoms with E-state index in [1.54, 1.807) is 18.7 Å². The van der Waals surface area contributed by atoms with E-state index in [2.05, 4.69) is 15.1 Å². The van der Waals surface area contributed by atoms with Crippen molar-refractivity contribution < 1.29 is 9.84 Å². The Morgan fingerprint density at radius 1 is 1.45 bits per heavy atom. The Bertz CT molecular complexity index is 688. The van der Waals surface area contributed by atoms with Crippen molar-refractivity contribution in [1.29, 1.82) is 0 Å². The fraction of sp³-hybridized carbons (Fsp3) is 0.462. The summed E-state index contributed by atoms with van der Waals surface area (Å²) in [6, 6.07) is 0. The molecule has 2 rings (SSSR count). The number of hydrogen-bond acceptors (Lipinski definition) is 5. The van der Waals surface area contributed by atoms with Crippen molar-refractivity contribution in [1.82, 2.24) is 19.7 Å². The standard InChI is InChI=1S/C13H18N4O3/c1-5-6-8-11(18)14-10(15-12(8)19)9-7(2)16-17(3)13(9)20-4/h5-6H2,1-4H3,(H2,14,15,18,19). The van der Waals surface area contributed by atoms with Gasteiger partial charge in [-0.15, -0.1) is 0 Å². The lowest BCUT2D eigenvalue weighted by atomic mass is 10.1. The molecule has 2 N–H and O–H groups in total. The largest absolute Gasteiger partial charge is 0.493 e. The van der Waals surface area contributed by atoms with Gasteiger partial charge >= 0.3 is 0 Å². The lowest BCUT2D eigenvalue weighted by Crippen LogP contribution is -2.15. The van der Waals surface area contributed by atoms with Crippen molar-refractivity contribution in [2.75, 3.05) is 7.11 Å². The molecular formula is C13H18N4O3. The van der Waals surface area contributed by atoms with Crippen LogP contribution in [0.2, 0.25) is 0 Å². The summed E-state index contributed by atoms with van der Waals surface area (Å²) in [4.78, 5) is 18.8.